The fourth-order valence-electron chi connectivity index (χ4n) is 1.16. The van der Waals surface area contributed by atoms with Crippen molar-refractivity contribution in [3.8, 4) is 6.07 Å². The van der Waals surface area contributed by atoms with Crippen LogP contribution < -0.4 is 4.90 Å². The van der Waals surface area contributed by atoms with Crippen molar-refractivity contribution in [3.63, 3.8) is 0 Å². The lowest BCUT2D eigenvalue weighted by Crippen LogP contribution is -2.24. The first-order chi connectivity index (χ1) is 6.38. The smallest absolute Gasteiger partial charge is 0.128 e. The summed E-state index contributed by atoms with van der Waals surface area (Å²) in [6.07, 6.45) is 2.31. The van der Waals surface area contributed by atoms with E-state index in [9.17, 15) is 0 Å². The van der Waals surface area contributed by atoms with Gasteiger partial charge in [-0.05, 0) is 19.1 Å². The lowest BCUT2D eigenvalue weighted by Gasteiger charge is -2.19. The van der Waals surface area contributed by atoms with Crippen molar-refractivity contribution in [1.82, 2.24) is 4.98 Å². The third-order valence-corrected chi connectivity index (χ3v) is 1.85. The maximum atomic E-state index is 8.46. The van der Waals surface area contributed by atoms with E-state index in [1.165, 1.54) is 0 Å². The van der Waals surface area contributed by atoms with E-state index in [2.05, 4.69) is 22.9 Å². The molecule has 68 valence electrons. The molecular formula is C10H13N3. The highest BCUT2D eigenvalue weighted by atomic mass is 15.2. The van der Waals surface area contributed by atoms with Gasteiger partial charge in [-0.2, -0.15) is 5.26 Å². The number of rotatable bonds is 4. The van der Waals surface area contributed by atoms with Crippen LogP contribution in [0.5, 0.6) is 0 Å². The van der Waals surface area contributed by atoms with E-state index < -0.39 is 0 Å². The molecule has 1 rings (SSSR count). The monoisotopic (exact) mass is 175 g/mol. The van der Waals surface area contributed by atoms with Gasteiger partial charge in [-0.3, -0.25) is 0 Å². The summed E-state index contributed by atoms with van der Waals surface area (Å²) in [5, 5.41) is 8.46. The first-order valence-corrected chi connectivity index (χ1v) is 4.41. The number of nitrogens with zero attached hydrogens (tertiary/aromatic N) is 3. The standard InChI is InChI=1S/C10H13N3/c1-2-13(9-5-7-11)10-6-3-4-8-12-10/h3-4,6,8H,2,5,9H2,1H3. The number of hydrogen-bond acceptors (Lipinski definition) is 3. The molecule has 0 atom stereocenters. The highest BCUT2D eigenvalue weighted by Gasteiger charge is 2.02. The first-order valence-electron chi connectivity index (χ1n) is 4.41. The Morgan fingerprint density at radius 2 is 2.38 bits per heavy atom. The molecule has 0 bridgehead atoms. The van der Waals surface area contributed by atoms with Gasteiger partial charge in [0.25, 0.3) is 0 Å². The summed E-state index contributed by atoms with van der Waals surface area (Å²) < 4.78 is 0. The molecule has 0 radical (unpaired) electrons. The molecule has 0 N–H and O–H groups in total. The van der Waals surface area contributed by atoms with Crippen LogP contribution in [0, 0.1) is 11.3 Å². The minimum atomic E-state index is 0.546. The van der Waals surface area contributed by atoms with Crippen LogP contribution in [0.3, 0.4) is 0 Å². The van der Waals surface area contributed by atoms with E-state index in [1.54, 1.807) is 6.20 Å². The Kier molecular flexibility index (Phi) is 3.77. The Bertz CT molecular complexity index is 276. The van der Waals surface area contributed by atoms with Crippen LogP contribution in [0.4, 0.5) is 5.82 Å². The van der Waals surface area contributed by atoms with E-state index in [0.29, 0.717) is 6.42 Å². The molecule has 0 aromatic carbocycles. The molecule has 3 nitrogen and oxygen atoms in total. The lowest BCUT2D eigenvalue weighted by molar-refractivity contribution is 0.811. The van der Waals surface area contributed by atoms with E-state index in [1.807, 2.05) is 18.2 Å². The van der Waals surface area contributed by atoms with Gasteiger partial charge < -0.3 is 4.90 Å². The molecule has 0 aliphatic rings. The second kappa shape index (κ2) is 5.15. The normalized spacial score (nSPS) is 9.23. The van der Waals surface area contributed by atoms with Crippen molar-refractivity contribution in [2.45, 2.75) is 13.3 Å². The van der Waals surface area contributed by atoms with Crippen LogP contribution >= 0.6 is 0 Å². The van der Waals surface area contributed by atoms with Crippen LogP contribution in [0.25, 0.3) is 0 Å². The summed E-state index contributed by atoms with van der Waals surface area (Å²) in [7, 11) is 0. The molecule has 0 amide bonds. The summed E-state index contributed by atoms with van der Waals surface area (Å²) in [5.74, 6) is 0.945. The predicted octanol–water partition coefficient (Wildman–Crippen LogP) is 1.82. The van der Waals surface area contributed by atoms with Crippen molar-refractivity contribution in [2.24, 2.45) is 0 Å². The van der Waals surface area contributed by atoms with Gasteiger partial charge in [0.2, 0.25) is 0 Å². The summed E-state index contributed by atoms with van der Waals surface area (Å²) in [6.45, 7) is 3.70. The molecule has 0 spiro atoms. The quantitative estimate of drug-likeness (QED) is 0.700. The van der Waals surface area contributed by atoms with E-state index in [4.69, 9.17) is 5.26 Å². The Balaban J connectivity index is 2.63. The molecular weight excluding hydrogens is 162 g/mol. The van der Waals surface area contributed by atoms with Crippen molar-refractivity contribution < 1.29 is 0 Å². The molecule has 0 saturated heterocycles. The Hall–Kier alpha value is -1.56. The third kappa shape index (κ3) is 2.75. The fourth-order valence-corrected chi connectivity index (χ4v) is 1.16. The fraction of sp³-hybridized carbons (Fsp3) is 0.400. The van der Waals surface area contributed by atoms with Gasteiger partial charge >= 0.3 is 0 Å². The van der Waals surface area contributed by atoms with Crippen molar-refractivity contribution in [2.75, 3.05) is 18.0 Å². The largest absolute Gasteiger partial charge is 0.356 e. The number of hydrogen-bond donors (Lipinski definition) is 0. The second-order valence-electron chi connectivity index (χ2n) is 2.68. The highest BCUT2D eigenvalue weighted by Crippen LogP contribution is 2.08. The number of nitriles is 1. The van der Waals surface area contributed by atoms with Gasteiger partial charge in [0.1, 0.15) is 5.82 Å². The summed E-state index contributed by atoms with van der Waals surface area (Å²) in [4.78, 5) is 6.31. The van der Waals surface area contributed by atoms with Gasteiger partial charge in [-0.1, -0.05) is 6.07 Å². The van der Waals surface area contributed by atoms with Crippen LogP contribution in [0.1, 0.15) is 13.3 Å². The summed E-state index contributed by atoms with van der Waals surface area (Å²) in [5.41, 5.74) is 0. The third-order valence-electron chi connectivity index (χ3n) is 1.85. The van der Waals surface area contributed by atoms with Crippen LogP contribution in [0.2, 0.25) is 0 Å². The Morgan fingerprint density at radius 1 is 1.54 bits per heavy atom. The highest BCUT2D eigenvalue weighted by molar-refractivity contribution is 5.37. The zero-order chi connectivity index (χ0) is 9.52. The van der Waals surface area contributed by atoms with Gasteiger partial charge in [-0.15, -0.1) is 0 Å². The van der Waals surface area contributed by atoms with Gasteiger partial charge in [0, 0.05) is 19.3 Å². The van der Waals surface area contributed by atoms with Crippen LogP contribution in [-0.4, -0.2) is 18.1 Å². The first kappa shape index (κ1) is 9.53. The maximum Gasteiger partial charge on any atom is 0.128 e. The van der Waals surface area contributed by atoms with Gasteiger partial charge in [0.15, 0.2) is 0 Å². The van der Waals surface area contributed by atoms with E-state index in [0.717, 1.165) is 18.9 Å². The topological polar surface area (TPSA) is 39.9 Å². The van der Waals surface area contributed by atoms with Crippen molar-refractivity contribution in [3.05, 3.63) is 24.4 Å². The minimum absolute atomic E-state index is 0.546. The summed E-state index contributed by atoms with van der Waals surface area (Å²) >= 11 is 0. The number of aromatic nitrogens is 1. The molecule has 0 unspecified atom stereocenters. The average Bonchev–Trinajstić information content (AvgIpc) is 2.21. The molecule has 3 heteroatoms. The molecule has 0 aliphatic heterocycles. The van der Waals surface area contributed by atoms with Crippen molar-refractivity contribution >= 4 is 5.82 Å². The molecule has 0 fully saturated rings. The second-order valence-corrected chi connectivity index (χ2v) is 2.68. The molecule has 1 aromatic rings. The Morgan fingerprint density at radius 3 is 2.92 bits per heavy atom. The van der Waals surface area contributed by atoms with Gasteiger partial charge in [-0.25, -0.2) is 4.98 Å². The average molecular weight is 175 g/mol. The number of anilines is 1. The SMILES string of the molecule is CCN(CCC#N)c1ccccn1. The number of pyridine rings is 1. The van der Waals surface area contributed by atoms with Crippen molar-refractivity contribution in [1.29, 1.82) is 5.26 Å². The molecule has 1 heterocycles. The van der Waals surface area contributed by atoms with Crippen LogP contribution in [0.15, 0.2) is 24.4 Å². The maximum absolute atomic E-state index is 8.46. The van der Waals surface area contributed by atoms with Gasteiger partial charge in [0.05, 0.1) is 12.5 Å². The van der Waals surface area contributed by atoms with E-state index >= 15 is 0 Å². The van der Waals surface area contributed by atoms with Crippen LogP contribution in [-0.2, 0) is 0 Å². The molecule has 1 aromatic heterocycles. The Labute approximate surface area is 78.6 Å². The molecule has 0 saturated carbocycles. The predicted molar refractivity (Wildman–Crippen MR) is 52.4 cm³/mol. The summed E-state index contributed by atoms with van der Waals surface area (Å²) in [6, 6.07) is 7.94. The zero-order valence-corrected chi connectivity index (χ0v) is 7.77. The minimum Gasteiger partial charge on any atom is -0.356 e. The lowest BCUT2D eigenvalue weighted by atomic mass is 10.3. The molecule has 0 aliphatic carbocycles. The zero-order valence-electron chi connectivity index (χ0n) is 7.77. The molecule has 13 heavy (non-hydrogen) atoms. The van der Waals surface area contributed by atoms with E-state index in [-0.39, 0.29) is 0 Å².